The molecule has 3 aromatic heterocycles. The molecule has 1 aromatic carbocycles. The zero-order chi connectivity index (χ0) is 22.4. The van der Waals surface area contributed by atoms with Crippen molar-refractivity contribution in [2.24, 2.45) is 0 Å². The summed E-state index contributed by atoms with van der Waals surface area (Å²) in [5.74, 6) is 1.10. The molecule has 1 amide bonds. The van der Waals surface area contributed by atoms with Gasteiger partial charge < -0.3 is 14.6 Å². The number of carbonyl (C=O) groups excluding carboxylic acids is 1. The number of nitrogens with zero attached hydrogens (tertiary/aromatic N) is 5. The third kappa shape index (κ3) is 3.59. The van der Waals surface area contributed by atoms with Crippen LogP contribution in [-0.2, 0) is 0 Å². The lowest BCUT2D eigenvalue weighted by Crippen LogP contribution is -2.37. The molecule has 0 saturated carbocycles. The van der Waals surface area contributed by atoms with Crippen molar-refractivity contribution < 1.29 is 13.6 Å². The Kier molecular flexibility index (Phi) is 4.88. The number of nitrogens with one attached hydrogen (secondary N) is 1. The van der Waals surface area contributed by atoms with Gasteiger partial charge in [-0.3, -0.25) is 4.79 Å². The first kappa shape index (κ1) is 20.2. The number of rotatable bonds is 4. The average molecular weight is 434 g/mol. The van der Waals surface area contributed by atoms with Crippen molar-refractivity contribution in [2.45, 2.75) is 39.3 Å². The number of halogens is 1. The van der Waals surface area contributed by atoms with Gasteiger partial charge in [-0.25, -0.2) is 18.9 Å². The standard InChI is InChI=1S/C23H23FN6O2/c1-13-11-25-20-7-8-21(28-30(13)20)29-12-18(10-19(29)16-5-4-6-17(24)9-16)27-23(31)22-14(2)32-15(3)26-22/h4-9,11,18-19H,10,12H2,1-3H3,(H,27,31)/t18?,19-/m1/s1. The fourth-order valence-corrected chi connectivity index (χ4v) is 4.35. The summed E-state index contributed by atoms with van der Waals surface area (Å²) in [4.78, 5) is 23.4. The quantitative estimate of drug-likeness (QED) is 0.529. The number of fused-ring (bicyclic) bond motifs is 1. The summed E-state index contributed by atoms with van der Waals surface area (Å²) in [5.41, 5.74) is 2.80. The molecular formula is C23H23FN6O2. The van der Waals surface area contributed by atoms with E-state index >= 15 is 0 Å². The van der Waals surface area contributed by atoms with Crippen molar-refractivity contribution in [3.05, 3.63) is 77.0 Å². The van der Waals surface area contributed by atoms with E-state index in [1.165, 1.54) is 12.1 Å². The van der Waals surface area contributed by atoms with Crippen LogP contribution in [0.5, 0.6) is 0 Å². The molecular weight excluding hydrogens is 411 g/mol. The summed E-state index contributed by atoms with van der Waals surface area (Å²) in [7, 11) is 0. The number of hydrogen-bond donors (Lipinski definition) is 1. The molecule has 0 aliphatic carbocycles. The van der Waals surface area contributed by atoms with E-state index in [1.54, 1.807) is 30.6 Å². The van der Waals surface area contributed by atoms with Crippen LogP contribution >= 0.6 is 0 Å². The van der Waals surface area contributed by atoms with E-state index in [9.17, 15) is 9.18 Å². The van der Waals surface area contributed by atoms with Gasteiger partial charge in [0.2, 0.25) is 0 Å². The van der Waals surface area contributed by atoms with Crippen molar-refractivity contribution in [3.8, 4) is 0 Å². The van der Waals surface area contributed by atoms with Gasteiger partial charge in [0.1, 0.15) is 17.4 Å². The van der Waals surface area contributed by atoms with Crippen LogP contribution in [0.2, 0.25) is 0 Å². The zero-order valence-corrected chi connectivity index (χ0v) is 18.0. The van der Waals surface area contributed by atoms with Crippen LogP contribution in [0, 0.1) is 26.6 Å². The number of oxazole rings is 1. The smallest absolute Gasteiger partial charge is 0.273 e. The zero-order valence-electron chi connectivity index (χ0n) is 18.0. The minimum absolute atomic E-state index is 0.148. The molecule has 0 radical (unpaired) electrons. The Morgan fingerprint density at radius 2 is 2.06 bits per heavy atom. The normalized spacial score (nSPS) is 18.4. The molecule has 1 fully saturated rings. The number of amides is 1. The number of carbonyl (C=O) groups is 1. The van der Waals surface area contributed by atoms with E-state index in [4.69, 9.17) is 9.52 Å². The second kappa shape index (κ2) is 7.74. The van der Waals surface area contributed by atoms with Crippen molar-refractivity contribution in [1.29, 1.82) is 0 Å². The summed E-state index contributed by atoms with van der Waals surface area (Å²) in [6, 6.07) is 10.1. The summed E-state index contributed by atoms with van der Waals surface area (Å²) >= 11 is 0. The van der Waals surface area contributed by atoms with Crippen molar-refractivity contribution >= 4 is 17.4 Å². The number of aromatic nitrogens is 4. The maximum absolute atomic E-state index is 14.0. The highest BCUT2D eigenvalue weighted by atomic mass is 19.1. The molecule has 0 spiro atoms. The van der Waals surface area contributed by atoms with Gasteiger partial charge in [-0.15, -0.1) is 5.10 Å². The van der Waals surface area contributed by atoms with E-state index < -0.39 is 0 Å². The predicted molar refractivity (Wildman–Crippen MR) is 116 cm³/mol. The second-order valence-corrected chi connectivity index (χ2v) is 8.13. The molecule has 4 aromatic rings. The largest absolute Gasteiger partial charge is 0.445 e. The van der Waals surface area contributed by atoms with Crippen LogP contribution in [0.15, 0.2) is 47.0 Å². The lowest BCUT2D eigenvalue weighted by atomic mass is 10.0. The second-order valence-electron chi connectivity index (χ2n) is 8.13. The maximum atomic E-state index is 14.0. The van der Waals surface area contributed by atoms with Crippen molar-refractivity contribution in [1.82, 2.24) is 24.9 Å². The minimum Gasteiger partial charge on any atom is -0.445 e. The average Bonchev–Trinajstić information content (AvgIpc) is 3.45. The van der Waals surface area contributed by atoms with E-state index in [2.05, 4.69) is 20.2 Å². The van der Waals surface area contributed by atoms with Crippen LogP contribution in [0.3, 0.4) is 0 Å². The SMILES string of the molecule is Cc1nc(C(=O)NC2C[C@H](c3cccc(F)c3)N(c3ccc4ncc(C)n4n3)C2)c(C)o1. The monoisotopic (exact) mass is 434 g/mol. The van der Waals surface area contributed by atoms with E-state index in [1.807, 2.05) is 25.1 Å². The number of aryl methyl sites for hydroxylation is 3. The summed E-state index contributed by atoms with van der Waals surface area (Å²) in [6.45, 7) is 5.89. The van der Waals surface area contributed by atoms with E-state index in [0.717, 1.165) is 22.7 Å². The fourth-order valence-electron chi connectivity index (χ4n) is 4.35. The Bertz CT molecular complexity index is 1310. The van der Waals surface area contributed by atoms with Crippen LogP contribution in [0.1, 0.15) is 45.9 Å². The van der Waals surface area contributed by atoms with Gasteiger partial charge >= 0.3 is 0 Å². The van der Waals surface area contributed by atoms with E-state index in [-0.39, 0.29) is 29.5 Å². The third-order valence-electron chi connectivity index (χ3n) is 5.80. The van der Waals surface area contributed by atoms with Gasteiger partial charge in [-0.2, -0.15) is 0 Å². The highest BCUT2D eigenvalue weighted by molar-refractivity contribution is 5.93. The number of benzene rings is 1. The van der Waals surface area contributed by atoms with Crippen LogP contribution < -0.4 is 10.2 Å². The highest BCUT2D eigenvalue weighted by Crippen LogP contribution is 2.36. The lowest BCUT2D eigenvalue weighted by Gasteiger charge is -2.26. The first-order valence-electron chi connectivity index (χ1n) is 10.5. The summed E-state index contributed by atoms with van der Waals surface area (Å²) in [5, 5.41) is 7.81. The topological polar surface area (TPSA) is 88.6 Å². The highest BCUT2D eigenvalue weighted by Gasteiger charge is 2.36. The molecule has 1 unspecified atom stereocenters. The Hall–Kier alpha value is -3.75. The number of anilines is 1. The Labute approximate surface area is 184 Å². The van der Waals surface area contributed by atoms with Crippen molar-refractivity contribution in [2.75, 3.05) is 11.4 Å². The van der Waals surface area contributed by atoms with Crippen LogP contribution in [0.4, 0.5) is 10.2 Å². The Morgan fingerprint density at radius 1 is 1.22 bits per heavy atom. The molecule has 1 aliphatic rings. The molecule has 32 heavy (non-hydrogen) atoms. The van der Waals surface area contributed by atoms with Gasteiger partial charge in [0.25, 0.3) is 5.91 Å². The Balaban J connectivity index is 1.47. The van der Waals surface area contributed by atoms with E-state index in [0.29, 0.717) is 24.6 Å². The minimum atomic E-state index is -0.294. The lowest BCUT2D eigenvalue weighted by molar-refractivity contribution is 0.0934. The van der Waals surface area contributed by atoms with Gasteiger partial charge in [0.05, 0.1) is 17.9 Å². The predicted octanol–water partition coefficient (Wildman–Crippen LogP) is 3.53. The molecule has 0 bridgehead atoms. The summed E-state index contributed by atoms with van der Waals surface area (Å²) < 4.78 is 21.2. The fraction of sp³-hybridized carbons (Fsp3) is 0.304. The van der Waals surface area contributed by atoms with Gasteiger partial charge in [0, 0.05) is 19.5 Å². The third-order valence-corrected chi connectivity index (χ3v) is 5.80. The molecule has 9 heteroatoms. The molecule has 4 heterocycles. The van der Waals surface area contributed by atoms with Crippen LogP contribution in [-0.4, -0.2) is 38.1 Å². The molecule has 1 N–H and O–H groups in total. The Morgan fingerprint density at radius 3 is 2.81 bits per heavy atom. The number of imidazole rings is 1. The first-order valence-corrected chi connectivity index (χ1v) is 10.5. The van der Waals surface area contributed by atoms with Gasteiger partial charge in [-0.05, 0) is 50.1 Å². The molecule has 1 saturated heterocycles. The van der Waals surface area contributed by atoms with Crippen molar-refractivity contribution in [3.63, 3.8) is 0 Å². The first-order chi connectivity index (χ1) is 15.4. The molecule has 8 nitrogen and oxygen atoms in total. The molecule has 5 rings (SSSR count). The van der Waals surface area contributed by atoms with Gasteiger partial charge in [0.15, 0.2) is 17.2 Å². The van der Waals surface area contributed by atoms with Crippen LogP contribution in [0.25, 0.3) is 5.65 Å². The number of hydrogen-bond acceptors (Lipinski definition) is 6. The molecule has 1 aliphatic heterocycles. The van der Waals surface area contributed by atoms with Gasteiger partial charge in [-0.1, -0.05) is 12.1 Å². The molecule has 2 atom stereocenters. The summed E-state index contributed by atoms with van der Waals surface area (Å²) in [6.07, 6.45) is 2.37. The maximum Gasteiger partial charge on any atom is 0.273 e. The molecule has 164 valence electrons.